The molecule has 2 amide bonds. The number of ether oxygens (including phenoxy) is 1. The number of likely N-dealkylation sites (N-methyl/N-ethyl adjacent to an activating group) is 1. The Kier molecular flexibility index (Phi) is 12.1. The van der Waals surface area contributed by atoms with Gasteiger partial charge in [0, 0.05) is 39.0 Å². The topological polar surface area (TPSA) is 89.1 Å². The monoisotopic (exact) mass is 411 g/mol. The van der Waals surface area contributed by atoms with Crippen molar-refractivity contribution >= 4 is 20.8 Å². The zero-order chi connectivity index (χ0) is 20.8. The molecule has 0 saturated heterocycles. The molecule has 0 aliphatic heterocycles. The minimum atomic E-state index is -1.32. The third-order valence-electron chi connectivity index (χ3n) is 3.81. The minimum absolute atomic E-state index is 0.174. The van der Waals surface area contributed by atoms with Crippen LogP contribution in [0.2, 0.25) is 0 Å². The molecule has 156 valence electrons. The molecule has 0 aliphatic carbocycles. The van der Waals surface area contributed by atoms with Crippen LogP contribution in [0, 0.1) is 0 Å². The lowest BCUT2D eigenvalue weighted by Gasteiger charge is -2.26. The van der Waals surface area contributed by atoms with Gasteiger partial charge < -0.3 is 24.0 Å². The molecular formula is C19H30N3O5P. The molecule has 0 spiro atoms. The van der Waals surface area contributed by atoms with E-state index in [-0.39, 0.29) is 18.1 Å². The molecule has 0 radical (unpaired) electrons. The summed E-state index contributed by atoms with van der Waals surface area (Å²) >= 11 is 0. The molecule has 1 aromatic rings. The first-order chi connectivity index (χ1) is 13.5. The zero-order valence-corrected chi connectivity index (χ0v) is 17.7. The third kappa shape index (κ3) is 9.28. The number of methoxy groups -OCH3 is 1. The maximum atomic E-state index is 11.3. The van der Waals surface area contributed by atoms with E-state index in [2.05, 4.69) is 10.4 Å². The Bertz CT molecular complexity index is 602. The van der Waals surface area contributed by atoms with Gasteiger partial charge in [-0.1, -0.05) is 25.1 Å². The number of carbonyl (C=O) groups is 2. The number of para-hydroxylation sites is 1. The Morgan fingerprint density at radius 1 is 1.32 bits per heavy atom. The van der Waals surface area contributed by atoms with E-state index in [4.69, 9.17) is 13.8 Å². The SMILES string of the molecule is CCNP(OCC(CC(C)N(C=O)/C=C\C(=O)NC)OC)Oc1ccccc1. The van der Waals surface area contributed by atoms with E-state index >= 15 is 0 Å². The van der Waals surface area contributed by atoms with Gasteiger partial charge in [0.15, 0.2) is 0 Å². The number of rotatable bonds is 14. The van der Waals surface area contributed by atoms with Crippen LogP contribution in [0.15, 0.2) is 42.6 Å². The fraction of sp³-hybridized carbons (Fsp3) is 0.474. The Morgan fingerprint density at radius 3 is 2.61 bits per heavy atom. The van der Waals surface area contributed by atoms with Crippen LogP contribution in [-0.4, -0.2) is 56.7 Å². The average molecular weight is 411 g/mol. The molecule has 0 fully saturated rings. The van der Waals surface area contributed by atoms with E-state index in [0.717, 1.165) is 5.75 Å². The van der Waals surface area contributed by atoms with Gasteiger partial charge in [0.1, 0.15) is 5.75 Å². The number of nitrogens with zero attached hydrogens (tertiary/aromatic N) is 1. The van der Waals surface area contributed by atoms with Crippen LogP contribution >= 0.6 is 8.53 Å². The normalized spacial score (nSPS) is 14.3. The van der Waals surface area contributed by atoms with Crippen molar-refractivity contribution in [1.82, 2.24) is 15.3 Å². The molecular weight excluding hydrogens is 381 g/mol. The number of nitrogens with one attached hydrogen (secondary N) is 2. The highest BCUT2D eigenvalue weighted by atomic mass is 31.2. The minimum Gasteiger partial charge on any atom is -0.436 e. The quantitative estimate of drug-likeness (QED) is 0.278. The number of amides is 2. The Labute approximate surface area is 168 Å². The molecule has 8 nitrogen and oxygen atoms in total. The van der Waals surface area contributed by atoms with Gasteiger partial charge in [-0.25, -0.2) is 5.09 Å². The zero-order valence-electron chi connectivity index (χ0n) is 16.8. The first-order valence-corrected chi connectivity index (χ1v) is 10.3. The van der Waals surface area contributed by atoms with Crippen molar-refractivity contribution in [2.24, 2.45) is 0 Å². The third-order valence-corrected chi connectivity index (χ3v) is 5.14. The second-order valence-electron chi connectivity index (χ2n) is 5.89. The van der Waals surface area contributed by atoms with Gasteiger partial charge in [-0.2, -0.15) is 0 Å². The summed E-state index contributed by atoms with van der Waals surface area (Å²) in [6.45, 7) is 4.86. The van der Waals surface area contributed by atoms with Crippen LogP contribution in [0.25, 0.3) is 0 Å². The molecule has 3 atom stereocenters. The molecule has 2 N–H and O–H groups in total. The van der Waals surface area contributed by atoms with Crippen molar-refractivity contribution in [3.63, 3.8) is 0 Å². The predicted molar refractivity (Wildman–Crippen MR) is 110 cm³/mol. The average Bonchev–Trinajstić information content (AvgIpc) is 2.71. The van der Waals surface area contributed by atoms with Gasteiger partial charge in [0.25, 0.3) is 0 Å². The van der Waals surface area contributed by atoms with Crippen LogP contribution in [-0.2, 0) is 18.8 Å². The van der Waals surface area contributed by atoms with E-state index in [1.165, 1.54) is 24.2 Å². The van der Waals surface area contributed by atoms with Crippen molar-refractivity contribution in [3.8, 4) is 5.75 Å². The summed E-state index contributed by atoms with van der Waals surface area (Å²) in [5.41, 5.74) is 0. The highest BCUT2D eigenvalue weighted by Gasteiger charge is 2.20. The molecule has 9 heteroatoms. The molecule has 3 unspecified atom stereocenters. The molecule has 1 aromatic carbocycles. The fourth-order valence-electron chi connectivity index (χ4n) is 2.22. The molecule has 0 aliphatic rings. The van der Waals surface area contributed by atoms with E-state index in [9.17, 15) is 9.59 Å². The summed E-state index contributed by atoms with van der Waals surface area (Å²) in [5, 5.41) is 5.65. The first-order valence-electron chi connectivity index (χ1n) is 9.09. The Balaban J connectivity index is 2.59. The van der Waals surface area contributed by atoms with E-state index in [1.807, 2.05) is 44.2 Å². The molecule has 0 aromatic heterocycles. The summed E-state index contributed by atoms with van der Waals surface area (Å²) in [7, 11) is 1.81. The van der Waals surface area contributed by atoms with Crippen LogP contribution in [0.1, 0.15) is 20.3 Å². The number of benzene rings is 1. The second kappa shape index (κ2) is 14.1. The Morgan fingerprint density at radius 2 is 2.04 bits per heavy atom. The molecule has 0 heterocycles. The van der Waals surface area contributed by atoms with Gasteiger partial charge in [0.2, 0.25) is 12.3 Å². The highest BCUT2D eigenvalue weighted by molar-refractivity contribution is 7.45. The van der Waals surface area contributed by atoms with Crippen LogP contribution in [0.4, 0.5) is 0 Å². The highest BCUT2D eigenvalue weighted by Crippen LogP contribution is 2.35. The van der Waals surface area contributed by atoms with Gasteiger partial charge in [-0.15, -0.1) is 0 Å². The van der Waals surface area contributed by atoms with Crippen molar-refractivity contribution in [2.45, 2.75) is 32.4 Å². The standard InChI is InChI=1S/C19H30N3O5P/c1-5-21-28(27-17-9-7-6-8-10-17)26-14-18(25-4)13-16(2)22(15-23)12-11-19(24)20-3/h6-12,15-16,18,21H,5,13-14H2,1-4H3,(H,20,24)/b12-11-. The van der Waals surface area contributed by atoms with Gasteiger partial charge in [0.05, 0.1) is 12.7 Å². The smallest absolute Gasteiger partial charge is 0.318 e. The van der Waals surface area contributed by atoms with Crippen molar-refractivity contribution in [1.29, 1.82) is 0 Å². The lowest BCUT2D eigenvalue weighted by molar-refractivity contribution is -0.118. The predicted octanol–water partition coefficient (Wildman–Crippen LogP) is 2.43. The maximum absolute atomic E-state index is 11.3. The molecule has 28 heavy (non-hydrogen) atoms. The second-order valence-corrected chi connectivity index (χ2v) is 7.17. The van der Waals surface area contributed by atoms with Crippen LogP contribution in [0.5, 0.6) is 5.75 Å². The fourth-order valence-corrected chi connectivity index (χ4v) is 3.30. The van der Waals surface area contributed by atoms with Gasteiger partial charge >= 0.3 is 8.53 Å². The van der Waals surface area contributed by atoms with Crippen molar-refractivity contribution in [3.05, 3.63) is 42.6 Å². The molecule has 0 saturated carbocycles. The summed E-state index contributed by atoms with van der Waals surface area (Å²) in [4.78, 5) is 24.1. The Hall–Kier alpha value is -1.99. The van der Waals surface area contributed by atoms with Gasteiger partial charge in [-0.05, 0) is 25.5 Å². The summed E-state index contributed by atoms with van der Waals surface area (Å²) < 4.78 is 17.2. The number of carbonyl (C=O) groups excluding carboxylic acids is 2. The molecule has 1 rings (SSSR count). The molecule has 0 bridgehead atoms. The van der Waals surface area contributed by atoms with Gasteiger partial charge in [-0.3, -0.25) is 9.59 Å². The summed E-state index contributed by atoms with van der Waals surface area (Å²) in [6, 6.07) is 9.28. The number of hydrogen-bond acceptors (Lipinski definition) is 6. The van der Waals surface area contributed by atoms with Crippen molar-refractivity contribution in [2.75, 3.05) is 27.3 Å². The van der Waals surface area contributed by atoms with E-state index in [1.54, 1.807) is 7.11 Å². The lowest BCUT2D eigenvalue weighted by Crippen LogP contribution is -2.33. The largest absolute Gasteiger partial charge is 0.436 e. The van der Waals surface area contributed by atoms with Crippen LogP contribution in [0.3, 0.4) is 0 Å². The first kappa shape index (κ1) is 24.0. The summed E-state index contributed by atoms with van der Waals surface area (Å²) in [6.07, 6.45) is 3.74. The van der Waals surface area contributed by atoms with E-state index < -0.39 is 8.53 Å². The lowest BCUT2D eigenvalue weighted by atomic mass is 10.1. The van der Waals surface area contributed by atoms with Crippen molar-refractivity contribution < 1.29 is 23.4 Å². The summed E-state index contributed by atoms with van der Waals surface area (Å²) in [5.74, 6) is 0.448. The van der Waals surface area contributed by atoms with E-state index in [0.29, 0.717) is 26.0 Å². The number of hydrogen-bond donors (Lipinski definition) is 2. The van der Waals surface area contributed by atoms with Crippen LogP contribution < -0.4 is 14.9 Å². The maximum Gasteiger partial charge on any atom is 0.318 e.